The van der Waals surface area contributed by atoms with Crippen molar-refractivity contribution in [1.29, 1.82) is 0 Å². The van der Waals surface area contributed by atoms with Crippen molar-refractivity contribution in [3.05, 3.63) is 45.9 Å². The minimum Gasteiger partial charge on any atom is -0.327 e. The van der Waals surface area contributed by atoms with Crippen molar-refractivity contribution >= 4 is 28.8 Å². The van der Waals surface area contributed by atoms with Gasteiger partial charge < -0.3 is 9.80 Å². The number of rotatable bonds is 2. The summed E-state index contributed by atoms with van der Waals surface area (Å²) in [6.07, 6.45) is 0. The Balaban J connectivity index is 1.72. The van der Waals surface area contributed by atoms with Gasteiger partial charge >= 0.3 is 0 Å². The van der Waals surface area contributed by atoms with Crippen LogP contribution < -0.4 is 4.90 Å². The molecule has 5 nitrogen and oxygen atoms in total. The Morgan fingerprint density at radius 1 is 1.18 bits per heavy atom. The third kappa shape index (κ3) is 2.74. The van der Waals surface area contributed by atoms with Gasteiger partial charge in [0.1, 0.15) is 11.4 Å². The average molecular weight is 315 g/mol. The van der Waals surface area contributed by atoms with Crippen LogP contribution in [0.2, 0.25) is 0 Å². The maximum absolute atomic E-state index is 12.4. The number of piperazine rings is 1. The Hall–Kier alpha value is -2.21. The Morgan fingerprint density at radius 3 is 2.50 bits per heavy atom. The molecular formula is C16H17N3O2S. The molecular weight excluding hydrogens is 298 g/mol. The smallest absolute Gasteiger partial charge is 0.266 e. The Bertz CT molecular complexity index is 708. The molecule has 2 amide bonds. The summed E-state index contributed by atoms with van der Waals surface area (Å²) in [5, 5.41) is 0. The molecule has 0 radical (unpaired) electrons. The first-order valence-electron chi connectivity index (χ1n) is 7.12. The predicted octanol–water partition coefficient (Wildman–Crippen LogP) is 2.25. The summed E-state index contributed by atoms with van der Waals surface area (Å²) in [5.41, 5.74) is 4.43. The van der Waals surface area contributed by atoms with Gasteiger partial charge in [0.05, 0.1) is 11.2 Å². The summed E-state index contributed by atoms with van der Waals surface area (Å²) >= 11 is 1.32. The quantitative estimate of drug-likeness (QED) is 0.854. The normalized spacial score (nSPS) is 15.3. The van der Waals surface area contributed by atoms with Gasteiger partial charge in [-0.1, -0.05) is 17.7 Å². The number of hydrogen-bond donors (Lipinski definition) is 0. The van der Waals surface area contributed by atoms with Crippen LogP contribution in [0.15, 0.2) is 29.8 Å². The van der Waals surface area contributed by atoms with Gasteiger partial charge in [-0.15, -0.1) is 11.3 Å². The summed E-state index contributed by atoms with van der Waals surface area (Å²) in [7, 11) is 0. The molecule has 1 saturated heterocycles. The molecule has 0 spiro atoms. The Labute approximate surface area is 133 Å². The first kappa shape index (κ1) is 14.7. The molecule has 6 heteroatoms. The number of anilines is 1. The first-order valence-corrected chi connectivity index (χ1v) is 8.00. The molecule has 1 aliphatic rings. The van der Waals surface area contributed by atoms with E-state index in [0.29, 0.717) is 18.0 Å². The molecule has 1 aromatic heterocycles. The van der Waals surface area contributed by atoms with E-state index in [2.05, 4.69) is 4.98 Å². The van der Waals surface area contributed by atoms with Crippen LogP contribution in [0.4, 0.5) is 5.69 Å². The highest BCUT2D eigenvalue weighted by molar-refractivity contribution is 7.11. The standard InChI is InChI=1S/C16H17N3O2S/c1-11-3-5-13(6-4-11)19-8-7-18(9-14(19)20)16(21)15-12(2)17-10-22-15/h3-6,10H,7-9H2,1-2H3. The summed E-state index contributed by atoms with van der Waals surface area (Å²) in [6, 6.07) is 7.86. The van der Waals surface area contributed by atoms with Crippen LogP contribution in [-0.2, 0) is 4.79 Å². The molecule has 22 heavy (non-hydrogen) atoms. The molecule has 3 rings (SSSR count). The molecule has 0 N–H and O–H groups in total. The molecule has 0 aliphatic carbocycles. The van der Waals surface area contributed by atoms with Crippen LogP contribution in [-0.4, -0.2) is 41.3 Å². The van der Waals surface area contributed by atoms with Crippen molar-refractivity contribution in [2.24, 2.45) is 0 Å². The Morgan fingerprint density at radius 2 is 1.91 bits per heavy atom. The molecule has 1 aromatic carbocycles. The lowest BCUT2D eigenvalue weighted by Crippen LogP contribution is -2.52. The molecule has 0 bridgehead atoms. The van der Waals surface area contributed by atoms with Crippen LogP contribution in [0.1, 0.15) is 20.9 Å². The molecule has 114 valence electrons. The number of aryl methyl sites for hydroxylation is 2. The number of thiazole rings is 1. The molecule has 0 atom stereocenters. The van der Waals surface area contributed by atoms with Crippen molar-refractivity contribution in [2.75, 3.05) is 24.5 Å². The van der Waals surface area contributed by atoms with Crippen molar-refractivity contribution in [1.82, 2.24) is 9.88 Å². The second-order valence-corrected chi connectivity index (χ2v) is 6.23. The number of benzene rings is 1. The molecule has 0 saturated carbocycles. The highest BCUT2D eigenvalue weighted by atomic mass is 32.1. The van der Waals surface area contributed by atoms with Crippen molar-refractivity contribution in [2.45, 2.75) is 13.8 Å². The molecule has 1 fully saturated rings. The lowest BCUT2D eigenvalue weighted by atomic mass is 10.2. The van der Waals surface area contributed by atoms with Gasteiger partial charge in [-0.2, -0.15) is 0 Å². The van der Waals surface area contributed by atoms with Gasteiger partial charge in [0.25, 0.3) is 5.91 Å². The molecule has 0 unspecified atom stereocenters. The average Bonchev–Trinajstić information content (AvgIpc) is 2.93. The Kier molecular flexibility index (Phi) is 3.94. The first-order chi connectivity index (χ1) is 10.6. The molecule has 2 heterocycles. The van der Waals surface area contributed by atoms with Crippen molar-refractivity contribution in [3.63, 3.8) is 0 Å². The lowest BCUT2D eigenvalue weighted by molar-refractivity contribution is -0.120. The SMILES string of the molecule is Cc1ccc(N2CCN(C(=O)c3scnc3C)CC2=O)cc1. The van der Waals surface area contributed by atoms with E-state index in [1.54, 1.807) is 15.3 Å². The number of hydrogen-bond acceptors (Lipinski definition) is 4. The second-order valence-electron chi connectivity index (χ2n) is 5.37. The number of aromatic nitrogens is 1. The van der Waals surface area contributed by atoms with Crippen LogP contribution >= 0.6 is 11.3 Å². The zero-order chi connectivity index (χ0) is 15.7. The van der Waals surface area contributed by atoms with Crippen LogP contribution in [0.5, 0.6) is 0 Å². The largest absolute Gasteiger partial charge is 0.327 e. The third-order valence-electron chi connectivity index (χ3n) is 3.79. The van der Waals surface area contributed by atoms with Crippen LogP contribution in [0.25, 0.3) is 0 Å². The minimum atomic E-state index is -0.100. The van der Waals surface area contributed by atoms with E-state index in [-0.39, 0.29) is 18.4 Å². The number of carbonyl (C=O) groups is 2. The van der Waals surface area contributed by atoms with Gasteiger partial charge in [-0.05, 0) is 26.0 Å². The predicted molar refractivity (Wildman–Crippen MR) is 86.3 cm³/mol. The van der Waals surface area contributed by atoms with Gasteiger partial charge in [-0.25, -0.2) is 4.98 Å². The molecule has 1 aliphatic heterocycles. The van der Waals surface area contributed by atoms with Gasteiger partial charge in [0, 0.05) is 18.8 Å². The van der Waals surface area contributed by atoms with E-state index in [9.17, 15) is 9.59 Å². The van der Waals surface area contributed by atoms with Gasteiger partial charge in [0.2, 0.25) is 5.91 Å². The highest BCUT2D eigenvalue weighted by Gasteiger charge is 2.29. The number of nitrogens with zero attached hydrogens (tertiary/aromatic N) is 3. The minimum absolute atomic E-state index is 0.0504. The van der Waals surface area contributed by atoms with Gasteiger partial charge in [0.15, 0.2) is 0 Å². The second kappa shape index (κ2) is 5.88. The number of amides is 2. The van der Waals surface area contributed by atoms with E-state index < -0.39 is 0 Å². The van der Waals surface area contributed by atoms with E-state index in [1.807, 2.05) is 38.1 Å². The van der Waals surface area contributed by atoms with Crippen molar-refractivity contribution < 1.29 is 9.59 Å². The van der Waals surface area contributed by atoms with E-state index in [0.717, 1.165) is 16.9 Å². The summed E-state index contributed by atoms with van der Waals surface area (Å²) < 4.78 is 0. The zero-order valence-electron chi connectivity index (χ0n) is 12.6. The fourth-order valence-corrected chi connectivity index (χ4v) is 3.26. The third-order valence-corrected chi connectivity index (χ3v) is 4.71. The van der Waals surface area contributed by atoms with Crippen molar-refractivity contribution in [3.8, 4) is 0 Å². The summed E-state index contributed by atoms with van der Waals surface area (Å²) in [6.45, 7) is 5.00. The van der Waals surface area contributed by atoms with Gasteiger partial charge in [-0.3, -0.25) is 9.59 Å². The maximum Gasteiger partial charge on any atom is 0.266 e. The van der Waals surface area contributed by atoms with E-state index >= 15 is 0 Å². The monoisotopic (exact) mass is 315 g/mol. The summed E-state index contributed by atoms with van der Waals surface area (Å²) in [5.74, 6) is -0.150. The van der Waals surface area contributed by atoms with Crippen LogP contribution in [0, 0.1) is 13.8 Å². The fraction of sp³-hybridized carbons (Fsp3) is 0.312. The topological polar surface area (TPSA) is 53.5 Å². The highest BCUT2D eigenvalue weighted by Crippen LogP contribution is 2.20. The zero-order valence-corrected chi connectivity index (χ0v) is 13.4. The van der Waals surface area contributed by atoms with E-state index in [1.165, 1.54) is 11.3 Å². The number of carbonyl (C=O) groups excluding carboxylic acids is 2. The maximum atomic E-state index is 12.4. The molecule has 2 aromatic rings. The lowest BCUT2D eigenvalue weighted by Gasteiger charge is -2.34. The van der Waals surface area contributed by atoms with E-state index in [4.69, 9.17) is 0 Å². The van der Waals surface area contributed by atoms with Crippen LogP contribution in [0.3, 0.4) is 0 Å². The fourth-order valence-electron chi connectivity index (χ4n) is 2.50. The summed E-state index contributed by atoms with van der Waals surface area (Å²) in [4.78, 5) is 32.9.